The van der Waals surface area contributed by atoms with Crippen LogP contribution < -0.4 is 10.9 Å². The summed E-state index contributed by atoms with van der Waals surface area (Å²) in [5, 5.41) is 5.73. The highest BCUT2D eigenvalue weighted by molar-refractivity contribution is 7.99. The fraction of sp³-hybridized carbons (Fsp3) is 0. The number of hydrogen-bond acceptors (Lipinski definition) is 4. The number of nitrogen functional groups attached to an aromatic ring is 1. The van der Waals surface area contributed by atoms with E-state index in [4.69, 9.17) is 22.5 Å². The molecule has 2 rings (SSSR count). The Kier molecular flexibility index (Phi) is 4.05. The second-order valence-corrected chi connectivity index (χ2v) is 6.91. The van der Waals surface area contributed by atoms with Gasteiger partial charge in [-0.15, -0.1) is 0 Å². The molecule has 0 atom stereocenters. The molecule has 0 fully saturated rings. The molecule has 0 aliphatic carbocycles. The molecule has 0 aliphatic heterocycles. The van der Waals surface area contributed by atoms with Crippen molar-refractivity contribution in [3.63, 3.8) is 0 Å². The van der Waals surface area contributed by atoms with Gasteiger partial charge in [0.05, 0.1) is 4.90 Å². The Balaban J connectivity index is 2.37. The second-order valence-electron chi connectivity index (χ2n) is 3.80. The van der Waals surface area contributed by atoms with Crippen molar-refractivity contribution in [2.75, 3.05) is 5.73 Å². The predicted octanol–water partition coefficient (Wildman–Crippen LogP) is 2.72. The summed E-state index contributed by atoms with van der Waals surface area (Å²) in [7, 11) is -3.73. The lowest BCUT2D eigenvalue weighted by atomic mass is 10.3. The maximum absolute atomic E-state index is 11.3. The lowest BCUT2D eigenvalue weighted by Gasteiger charge is -2.07. The minimum absolute atomic E-state index is 0.0400. The molecular weight excluding hydrogens is 304 g/mol. The number of anilines is 1. The predicted molar refractivity (Wildman–Crippen MR) is 77.8 cm³/mol. The molecular formula is C12H11ClN2O2S2. The molecule has 19 heavy (non-hydrogen) atoms. The van der Waals surface area contributed by atoms with Gasteiger partial charge < -0.3 is 5.73 Å². The zero-order valence-corrected chi connectivity index (χ0v) is 12.1. The van der Waals surface area contributed by atoms with E-state index in [0.29, 0.717) is 15.6 Å². The third-order valence-electron chi connectivity index (χ3n) is 2.36. The van der Waals surface area contributed by atoms with Crippen LogP contribution in [0.2, 0.25) is 5.02 Å². The van der Waals surface area contributed by atoms with E-state index in [2.05, 4.69) is 0 Å². The maximum atomic E-state index is 11.3. The fourth-order valence-electron chi connectivity index (χ4n) is 1.41. The molecule has 4 nitrogen and oxygen atoms in total. The number of nitrogens with two attached hydrogens (primary N) is 2. The van der Waals surface area contributed by atoms with Crippen molar-refractivity contribution in [2.45, 2.75) is 14.7 Å². The van der Waals surface area contributed by atoms with Crippen LogP contribution in [0, 0.1) is 0 Å². The SMILES string of the molecule is Nc1ccc(S(N)(=O)=O)cc1Sc1ccc(Cl)cc1. The number of benzene rings is 2. The Hall–Kier alpha value is -1.21. The molecule has 0 amide bonds. The Morgan fingerprint density at radius 3 is 2.26 bits per heavy atom. The summed E-state index contributed by atoms with van der Waals surface area (Å²) in [4.78, 5) is 1.58. The quantitative estimate of drug-likeness (QED) is 0.853. The molecule has 0 aliphatic rings. The third kappa shape index (κ3) is 3.63. The average Bonchev–Trinajstić information content (AvgIpc) is 2.33. The first kappa shape index (κ1) is 14.2. The summed E-state index contributed by atoms with van der Waals surface area (Å²) in [5.41, 5.74) is 6.32. The number of primary sulfonamides is 1. The van der Waals surface area contributed by atoms with Crippen LogP contribution in [-0.4, -0.2) is 8.42 Å². The van der Waals surface area contributed by atoms with E-state index in [0.717, 1.165) is 4.90 Å². The van der Waals surface area contributed by atoms with Crippen molar-refractivity contribution in [3.8, 4) is 0 Å². The normalized spacial score (nSPS) is 11.5. The first-order valence-corrected chi connectivity index (χ1v) is 7.96. The third-order valence-corrected chi connectivity index (χ3v) is 4.60. The van der Waals surface area contributed by atoms with Gasteiger partial charge in [0.15, 0.2) is 0 Å². The topological polar surface area (TPSA) is 86.2 Å². The molecule has 2 aromatic carbocycles. The molecule has 0 unspecified atom stereocenters. The Bertz CT molecular complexity index is 700. The van der Waals surface area contributed by atoms with E-state index in [1.165, 1.54) is 30.0 Å². The summed E-state index contributed by atoms with van der Waals surface area (Å²) in [6, 6.07) is 11.5. The van der Waals surface area contributed by atoms with Crippen molar-refractivity contribution in [3.05, 3.63) is 47.5 Å². The van der Waals surface area contributed by atoms with E-state index in [1.54, 1.807) is 12.1 Å². The van der Waals surface area contributed by atoms with Gasteiger partial charge in [0, 0.05) is 20.5 Å². The van der Waals surface area contributed by atoms with Crippen molar-refractivity contribution in [1.29, 1.82) is 0 Å². The van der Waals surface area contributed by atoms with Gasteiger partial charge in [0.1, 0.15) is 0 Å². The van der Waals surface area contributed by atoms with Crippen molar-refractivity contribution < 1.29 is 8.42 Å². The van der Waals surface area contributed by atoms with Crippen molar-refractivity contribution in [1.82, 2.24) is 0 Å². The lowest BCUT2D eigenvalue weighted by molar-refractivity contribution is 0.597. The molecule has 4 N–H and O–H groups in total. The summed E-state index contributed by atoms with van der Waals surface area (Å²) < 4.78 is 22.6. The largest absolute Gasteiger partial charge is 0.398 e. The van der Waals surface area contributed by atoms with E-state index in [9.17, 15) is 8.42 Å². The highest BCUT2D eigenvalue weighted by Crippen LogP contribution is 2.33. The van der Waals surface area contributed by atoms with Crippen LogP contribution in [0.4, 0.5) is 5.69 Å². The van der Waals surface area contributed by atoms with Gasteiger partial charge in [0.2, 0.25) is 10.0 Å². The van der Waals surface area contributed by atoms with Crippen LogP contribution in [-0.2, 0) is 10.0 Å². The fourth-order valence-corrected chi connectivity index (χ4v) is 3.05. The van der Waals surface area contributed by atoms with E-state index in [1.807, 2.05) is 12.1 Å². The highest BCUT2D eigenvalue weighted by atomic mass is 35.5. The zero-order chi connectivity index (χ0) is 14.0. The lowest BCUT2D eigenvalue weighted by Crippen LogP contribution is -2.12. The molecule has 0 radical (unpaired) electrons. The molecule has 0 aromatic heterocycles. The smallest absolute Gasteiger partial charge is 0.238 e. The number of hydrogen-bond donors (Lipinski definition) is 2. The van der Waals surface area contributed by atoms with Gasteiger partial charge in [-0.25, -0.2) is 13.6 Å². The number of sulfonamides is 1. The zero-order valence-electron chi connectivity index (χ0n) is 9.71. The molecule has 0 saturated heterocycles. The van der Waals surface area contributed by atoms with Crippen LogP contribution in [0.25, 0.3) is 0 Å². The molecule has 0 heterocycles. The van der Waals surface area contributed by atoms with Gasteiger partial charge >= 0.3 is 0 Å². The molecule has 100 valence electrons. The first-order valence-electron chi connectivity index (χ1n) is 5.22. The summed E-state index contributed by atoms with van der Waals surface area (Å²) in [6.07, 6.45) is 0. The van der Waals surface area contributed by atoms with Crippen LogP contribution >= 0.6 is 23.4 Å². The Morgan fingerprint density at radius 1 is 1.05 bits per heavy atom. The van der Waals surface area contributed by atoms with E-state index < -0.39 is 10.0 Å². The molecule has 0 spiro atoms. The van der Waals surface area contributed by atoms with Crippen LogP contribution in [0.15, 0.2) is 57.2 Å². The molecule has 7 heteroatoms. The molecule has 0 saturated carbocycles. The monoisotopic (exact) mass is 314 g/mol. The van der Waals surface area contributed by atoms with Gasteiger partial charge in [-0.1, -0.05) is 23.4 Å². The highest BCUT2D eigenvalue weighted by Gasteiger charge is 2.11. The minimum atomic E-state index is -3.73. The number of rotatable bonds is 3. The van der Waals surface area contributed by atoms with Crippen molar-refractivity contribution >= 4 is 39.1 Å². The maximum Gasteiger partial charge on any atom is 0.238 e. The van der Waals surface area contributed by atoms with Gasteiger partial charge in [0.25, 0.3) is 0 Å². The Labute approximate surface area is 120 Å². The second kappa shape index (κ2) is 5.42. The summed E-state index contributed by atoms with van der Waals surface area (Å²) in [6.45, 7) is 0. The van der Waals surface area contributed by atoms with Crippen molar-refractivity contribution in [2.24, 2.45) is 5.14 Å². The average molecular weight is 315 g/mol. The van der Waals surface area contributed by atoms with Crippen LogP contribution in [0.3, 0.4) is 0 Å². The van der Waals surface area contributed by atoms with Gasteiger partial charge in [-0.2, -0.15) is 0 Å². The Morgan fingerprint density at radius 2 is 1.68 bits per heavy atom. The minimum Gasteiger partial charge on any atom is -0.398 e. The van der Waals surface area contributed by atoms with E-state index >= 15 is 0 Å². The van der Waals surface area contributed by atoms with Gasteiger partial charge in [-0.3, -0.25) is 0 Å². The molecule has 2 aromatic rings. The van der Waals surface area contributed by atoms with Gasteiger partial charge in [-0.05, 0) is 42.5 Å². The first-order chi connectivity index (χ1) is 8.86. The summed E-state index contributed by atoms with van der Waals surface area (Å²) >= 11 is 7.15. The van der Waals surface area contributed by atoms with Crippen LogP contribution in [0.5, 0.6) is 0 Å². The van der Waals surface area contributed by atoms with Crippen LogP contribution in [0.1, 0.15) is 0 Å². The number of halogens is 1. The molecule has 0 bridgehead atoms. The summed E-state index contributed by atoms with van der Waals surface area (Å²) in [5.74, 6) is 0. The van der Waals surface area contributed by atoms with E-state index in [-0.39, 0.29) is 4.90 Å². The standard InChI is InChI=1S/C12H11ClN2O2S2/c13-8-1-3-9(4-2-8)18-12-7-10(19(15,16)17)5-6-11(12)14/h1-7H,14H2,(H2,15,16,17).